The van der Waals surface area contributed by atoms with E-state index in [-0.39, 0.29) is 11.7 Å². The molecule has 3 nitrogen and oxygen atoms in total. The largest absolute Gasteiger partial charge is 0.493 e. The molecule has 4 atom stereocenters. The molecule has 1 saturated heterocycles. The van der Waals surface area contributed by atoms with Crippen molar-refractivity contribution >= 4 is 5.91 Å². The second-order valence-corrected chi connectivity index (χ2v) is 8.65. The van der Waals surface area contributed by atoms with Gasteiger partial charge >= 0.3 is 0 Å². The lowest BCUT2D eigenvalue weighted by Gasteiger charge is -2.35. The molecule has 0 aromatic heterocycles. The van der Waals surface area contributed by atoms with Crippen molar-refractivity contribution in [1.82, 2.24) is 4.90 Å². The molecule has 1 aromatic carbocycles. The highest BCUT2D eigenvalue weighted by Crippen LogP contribution is 2.70. The van der Waals surface area contributed by atoms with Crippen molar-refractivity contribution in [3.8, 4) is 5.75 Å². The molecule has 4 aliphatic rings. The molecule has 0 radical (unpaired) electrons. The van der Waals surface area contributed by atoms with Gasteiger partial charge in [0.1, 0.15) is 11.6 Å². The summed E-state index contributed by atoms with van der Waals surface area (Å²) in [6.45, 7) is 2.27. The molecule has 0 N–H and O–H groups in total. The van der Waals surface area contributed by atoms with Crippen molar-refractivity contribution < 1.29 is 13.9 Å². The van der Waals surface area contributed by atoms with Crippen molar-refractivity contribution in [2.24, 2.45) is 29.1 Å². The molecule has 1 aliphatic heterocycles. The summed E-state index contributed by atoms with van der Waals surface area (Å²) < 4.78 is 18.8. The average molecular weight is 355 g/mol. The molecule has 4 unspecified atom stereocenters. The fourth-order valence-corrected chi connectivity index (χ4v) is 5.64. The van der Waals surface area contributed by atoms with Gasteiger partial charge in [-0.15, -0.1) is 0 Å². The van der Waals surface area contributed by atoms with Crippen LogP contribution in [0, 0.1) is 34.9 Å². The van der Waals surface area contributed by atoms with Crippen LogP contribution in [0.2, 0.25) is 0 Å². The van der Waals surface area contributed by atoms with Crippen LogP contribution in [0.1, 0.15) is 32.1 Å². The molecule has 2 bridgehead atoms. The molecular formula is C22H26FNO2. The zero-order chi connectivity index (χ0) is 17.7. The fourth-order valence-electron chi connectivity index (χ4n) is 5.64. The van der Waals surface area contributed by atoms with E-state index in [1.807, 2.05) is 0 Å². The van der Waals surface area contributed by atoms with Crippen LogP contribution < -0.4 is 4.74 Å². The van der Waals surface area contributed by atoms with Gasteiger partial charge in [-0.25, -0.2) is 4.39 Å². The Morgan fingerprint density at radius 3 is 2.77 bits per heavy atom. The second-order valence-electron chi connectivity index (χ2n) is 8.65. The van der Waals surface area contributed by atoms with E-state index in [4.69, 9.17) is 4.74 Å². The summed E-state index contributed by atoms with van der Waals surface area (Å²) in [6.07, 6.45) is 10.5. The Morgan fingerprint density at radius 2 is 2.04 bits per heavy atom. The van der Waals surface area contributed by atoms with Crippen LogP contribution in [0.4, 0.5) is 4.39 Å². The standard InChI is InChI=1S/C22H26FNO2/c23-17-4-6-18(7-5-17)26-14-15-2-1-11-24(13-15)21(25)19-12-16-3-8-20(19)22(16)9-10-22/h3-8,15-16,19-20H,1-2,9-14H2. The number of halogens is 1. The number of rotatable bonds is 4. The average Bonchev–Trinajstić information content (AvgIpc) is 3.34. The molecule has 4 heteroatoms. The molecule has 1 aromatic rings. The van der Waals surface area contributed by atoms with Crippen molar-refractivity contribution in [2.45, 2.75) is 32.1 Å². The second kappa shape index (κ2) is 6.11. The summed E-state index contributed by atoms with van der Waals surface area (Å²) in [4.78, 5) is 15.3. The quantitative estimate of drug-likeness (QED) is 0.763. The van der Waals surface area contributed by atoms with Crippen LogP contribution >= 0.6 is 0 Å². The van der Waals surface area contributed by atoms with Crippen molar-refractivity contribution in [3.63, 3.8) is 0 Å². The van der Waals surface area contributed by atoms with Gasteiger partial charge in [0.15, 0.2) is 0 Å². The Morgan fingerprint density at radius 1 is 1.23 bits per heavy atom. The smallest absolute Gasteiger partial charge is 0.226 e. The molecule has 3 fully saturated rings. The topological polar surface area (TPSA) is 29.5 Å². The number of carbonyl (C=O) groups is 1. The van der Waals surface area contributed by atoms with E-state index in [0.717, 1.165) is 32.4 Å². The number of allylic oxidation sites excluding steroid dienone is 2. The normalized spacial score (nSPS) is 33.7. The van der Waals surface area contributed by atoms with Gasteiger partial charge in [0.2, 0.25) is 5.91 Å². The predicted molar refractivity (Wildman–Crippen MR) is 97.1 cm³/mol. The number of hydrogen-bond donors (Lipinski definition) is 0. The van der Waals surface area contributed by atoms with E-state index in [9.17, 15) is 9.18 Å². The number of piperidine rings is 1. The Hall–Kier alpha value is -1.84. The first-order valence-electron chi connectivity index (χ1n) is 10.0. The Balaban J connectivity index is 1.19. The van der Waals surface area contributed by atoms with Gasteiger partial charge in [0, 0.05) is 24.9 Å². The summed E-state index contributed by atoms with van der Waals surface area (Å²) in [5.74, 6) is 2.55. The van der Waals surface area contributed by atoms with Gasteiger partial charge < -0.3 is 9.64 Å². The van der Waals surface area contributed by atoms with Crippen LogP contribution in [0.15, 0.2) is 36.4 Å². The number of hydrogen-bond acceptors (Lipinski definition) is 2. The Labute approximate surface area is 154 Å². The molecule has 2 saturated carbocycles. The van der Waals surface area contributed by atoms with E-state index >= 15 is 0 Å². The molecule has 1 spiro atoms. The Bertz CT molecular complexity index is 724. The maximum Gasteiger partial charge on any atom is 0.226 e. The summed E-state index contributed by atoms with van der Waals surface area (Å²) in [5, 5.41) is 0. The predicted octanol–water partition coefficient (Wildman–Crippen LogP) is 4.05. The highest BCUT2D eigenvalue weighted by molar-refractivity contribution is 5.80. The van der Waals surface area contributed by atoms with Gasteiger partial charge in [-0.05, 0) is 73.6 Å². The number of amides is 1. The maximum absolute atomic E-state index is 13.2. The number of nitrogens with zero attached hydrogens (tertiary/aromatic N) is 1. The van der Waals surface area contributed by atoms with Gasteiger partial charge in [-0.2, -0.15) is 0 Å². The minimum absolute atomic E-state index is 0.212. The molecule has 5 rings (SSSR count). The number of likely N-dealkylation sites (tertiary alicyclic amines) is 1. The van der Waals surface area contributed by atoms with Gasteiger partial charge in [-0.3, -0.25) is 4.79 Å². The van der Waals surface area contributed by atoms with Crippen molar-refractivity contribution in [2.75, 3.05) is 19.7 Å². The lowest BCUT2D eigenvalue weighted by molar-refractivity contribution is -0.138. The lowest BCUT2D eigenvalue weighted by atomic mass is 9.87. The van der Waals surface area contributed by atoms with Gasteiger partial charge in [-0.1, -0.05) is 12.2 Å². The van der Waals surface area contributed by atoms with Crippen LogP contribution in [-0.2, 0) is 4.79 Å². The molecule has 1 amide bonds. The first-order valence-corrected chi connectivity index (χ1v) is 10.0. The minimum Gasteiger partial charge on any atom is -0.493 e. The molecule has 3 aliphatic carbocycles. The summed E-state index contributed by atoms with van der Waals surface area (Å²) in [7, 11) is 0. The molecule has 26 heavy (non-hydrogen) atoms. The summed E-state index contributed by atoms with van der Waals surface area (Å²) >= 11 is 0. The van der Waals surface area contributed by atoms with Crippen molar-refractivity contribution in [3.05, 3.63) is 42.2 Å². The van der Waals surface area contributed by atoms with Gasteiger partial charge in [0.25, 0.3) is 0 Å². The third-order valence-electron chi connectivity index (χ3n) is 7.17. The highest BCUT2D eigenvalue weighted by Gasteiger charge is 2.64. The number of ether oxygens (including phenoxy) is 1. The van der Waals surface area contributed by atoms with E-state index < -0.39 is 0 Å². The third kappa shape index (κ3) is 2.65. The fraction of sp³-hybridized carbons (Fsp3) is 0.591. The van der Waals surface area contributed by atoms with Gasteiger partial charge in [0.05, 0.1) is 6.61 Å². The van der Waals surface area contributed by atoms with Crippen LogP contribution in [-0.4, -0.2) is 30.5 Å². The van der Waals surface area contributed by atoms with Crippen LogP contribution in [0.3, 0.4) is 0 Å². The van der Waals surface area contributed by atoms with Crippen molar-refractivity contribution in [1.29, 1.82) is 0 Å². The third-order valence-corrected chi connectivity index (χ3v) is 7.17. The molecular weight excluding hydrogens is 329 g/mol. The number of benzene rings is 1. The lowest BCUT2D eigenvalue weighted by Crippen LogP contribution is -2.45. The van der Waals surface area contributed by atoms with Crippen LogP contribution in [0.5, 0.6) is 5.75 Å². The van der Waals surface area contributed by atoms with E-state index in [0.29, 0.717) is 41.4 Å². The summed E-state index contributed by atoms with van der Waals surface area (Å²) in [6, 6.07) is 6.17. The number of carbonyl (C=O) groups excluding carboxylic acids is 1. The molecule has 138 valence electrons. The van der Waals surface area contributed by atoms with Crippen LogP contribution in [0.25, 0.3) is 0 Å². The first-order chi connectivity index (χ1) is 12.7. The van der Waals surface area contributed by atoms with E-state index in [1.54, 1.807) is 12.1 Å². The summed E-state index contributed by atoms with van der Waals surface area (Å²) in [5.41, 5.74) is 0.473. The minimum atomic E-state index is -0.250. The highest BCUT2D eigenvalue weighted by atomic mass is 19.1. The van der Waals surface area contributed by atoms with E-state index in [2.05, 4.69) is 17.1 Å². The zero-order valence-corrected chi connectivity index (χ0v) is 15.1. The van der Waals surface area contributed by atoms with E-state index in [1.165, 1.54) is 25.0 Å². The maximum atomic E-state index is 13.2. The Kier molecular flexibility index (Phi) is 3.84. The monoisotopic (exact) mass is 355 g/mol. The first kappa shape index (κ1) is 16.3. The SMILES string of the molecule is O=C(C1CC2C=CC1C21CC1)N1CCCC(COc2ccc(F)cc2)C1. The molecule has 1 heterocycles. The zero-order valence-electron chi connectivity index (χ0n) is 15.1.